The number of ether oxygens (including phenoxy) is 1. The van der Waals surface area contributed by atoms with Crippen molar-refractivity contribution in [3.8, 4) is 0 Å². The van der Waals surface area contributed by atoms with Gasteiger partial charge in [-0.2, -0.15) is 0 Å². The number of aliphatic hydroxyl groups excluding tert-OH is 1. The predicted octanol–water partition coefficient (Wildman–Crippen LogP) is 1.09. The van der Waals surface area contributed by atoms with Crippen molar-refractivity contribution in [2.75, 3.05) is 45.9 Å². The second-order valence-electron chi connectivity index (χ2n) is 5.01. The summed E-state index contributed by atoms with van der Waals surface area (Å²) in [7, 11) is 0. The van der Waals surface area contributed by atoms with E-state index in [2.05, 4.69) is 4.90 Å². The van der Waals surface area contributed by atoms with Gasteiger partial charge >= 0.3 is 0 Å². The van der Waals surface area contributed by atoms with Gasteiger partial charge in [-0.3, -0.25) is 9.69 Å². The number of rotatable bonds is 6. The molecule has 1 aliphatic rings. The Morgan fingerprint density at radius 1 is 1.43 bits per heavy atom. The summed E-state index contributed by atoms with van der Waals surface area (Å²) >= 11 is 5.68. The van der Waals surface area contributed by atoms with E-state index in [1.54, 1.807) is 17.0 Å². The number of hydrogen-bond donors (Lipinski definition) is 1. The molecule has 0 radical (unpaired) electrons. The second kappa shape index (κ2) is 7.79. The van der Waals surface area contributed by atoms with Crippen molar-refractivity contribution in [1.29, 1.82) is 0 Å². The van der Waals surface area contributed by atoms with Crippen molar-refractivity contribution in [1.82, 2.24) is 9.80 Å². The molecule has 0 spiro atoms. The third kappa shape index (κ3) is 4.71. The lowest BCUT2D eigenvalue weighted by atomic mass is 10.2. The maximum Gasteiger partial charge on any atom is 0.289 e. The minimum Gasteiger partial charge on any atom is -0.440 e. The number of piperazine rings is 1. The second-order valence-corrected chi connectivity index (χ2v) is 5.38. The molecular weight excluding hydrogens is 296 g/mol. The fourth-order valence-corrected chi connectivity index (χ4v) is 2.47. The van der Waals surface area contributed by atoms with Crippen LogP contribution in [0.15, 0.2) is 16.5 Å². The lowest BCUT2D eigenvalue weighted by molar-refractivity contribution is 0.0107. The molecule has 0 unspecified atom stereocenters. The van der Waals surface area contributed by atoms with E-state index >= 15 is 0 Å². The first-order chi connectivity index (χ1) is 10.1. The van der Waals surface area contributed by atoms with Crippen LogP contribution in [0.3, 0.4) is 0 Å². The summed E-state index contributed by atoms with van der Waals surface area (Å²) in [5.41, 5.74) is 0. The molecule has 6 nitrogen and oxygen atoms in total. The van der Waals surface area contributed by atoms with Crippen LogP contribution in [-0.4, -0.2) is 72.9 Å². The number of carbonyl (C=O) groups excluding carboxylic acids is 1. The van der Waals surface area contributed by atoms with Gasteiger partial charge < -0.3 is 19.2 Å². The molecule has 7 heteroatoms. The number of halogens is 1. The number of carbonyl (C=O) groups is 1. The van der Waals surface area contributed by atoms with Crippen molar-refractivity contribution in [2.24, 2.45) is 0 Å². The van der Waals surface area contributed by atoms with Crippen molar-refractivity contribution >= 4 is 17.5 Å². The molecule has 0 bridgehead atoms. The SMILES string of the molecule is CCOC[C@H](O)CN1CCN(C(=O)c2ccc(Cl)o2)CC1. The molecule has 2 rings (SSSR count). The summed E-state index contributed by atoms with van der Waals surface area (Å²) in [5, 5.41) is 10.0. The average Bonchev–Trinajstić information content (AvgIpc) is 2.92. The molecule has 1 N–H and O–H groups in total. The standard InChI is InChI=1S/C14H21ClN2O4/c1-2-20-10-11(18)9-16-5-7-17(8-6-16)14(19)12-3-4-13(15)21-12/h3-4,11,18H,2,5-10H2,1H3/t11-/m1/s1. The van der Waals surface area contributed by atoms with Crippen LogP contribution < -0.4 is 0 Å². The smallest absolute Gasteiger partial charge is 0.289 e. The number of β-amino-alcohol motifs (C(OH)–C–C–N with tert-alkyl or cyclic N) is 1. The van der Waals surface area contributed by atoms with E-state index in [-0.39, 0.29) is 16.9 Å². The summed E-state index contributed by atoms with van der Waals surface area (Å²) in [4.78, 5) is 16.0. The van der Waals surface area contributed by atoms with Crippen LogP contribution in [0, 0.1) is 0 Å². The first-order valence-corrected chi connectivity index (χ1v) is 7.50. The minimum absolute atomic E-state index is 0.142. The monoisotopic (exact) mass is 316 g/mol. The van der Waals surface area contributed by atoms with Gasteiger partial charge in [0.25, 0.3) is 5.91 Å². The Hall–Kier alpha value is -1.08. The average molecular weight is 317 g/mol. The number of hydrogen-bond acceptors (Lipinski definition) is 5. The van der Waals surface area contributed by atoms with Crippen LogP contribution in [0.2, 0.25) is 5.22 Å². The number of aliphatic hydroxyl groups is 1. The lowest BCUT2D eigenvalue weighted by Crippen LogP contribution is -2.50. The van der Waals surface area contributed by atoms with E-state index in [1.165, 1.54) is 0 Å². The Balaban J connectivity index is 1.76. The zero-order valence-electron chi connectivity index (χ0n) is 12.1. The molecule has 118 valence electrons. The molecule has 1 atom stereocenters. The van der Waals surface area contributed by atoms with Gasteiger partial charge in [-0.15, -0.1) is 0 Å². The Bertz CT molecular complexity index is 458. The van der Waals surface area contributed by atoms with Gasteiger partial charge in [0.15, 0.2) is 11.0 Å². The number of nitrogens with zero attached hydrogens (tertiary/aromatic N) is 2. The maximum absolute atomic E-state index is 12.2. The van der Waals surface area contributed by atoms with Crippen molar-refractivity contribution < 1.29 is 19.1 Å². The van der Waals surface area contributed by atoms with Crippen LogP contribution in [0.25, 0.3) is 0 Å². The molecule has 1 aromatic rings. The highest BCUT2D eigenvalue weighted by Crippen LogP contribution is 2.16. The molecule has 1 saturated heterocycles. The van der Waals surface area contributed by atoms with E-state index in [1.807, 2.05) is 6.92 Å². The third-order valence-corrected chi connectivity index (χ3v) is 3.63. The van der Waals surface area contributed by atoms with Gasteiger partial charge in [0.2, 0.25) is 0 Å². The third-order valence-electron chi connectivity index (χ3n) is 3.43. The molecule has 0 saturated carbocycles. The topological polar surface area (TPSA) is 66.2 Å². The van der Waals surface area contributed by atoms with Crippen LogP contribution in [-0.2, 0) is 4.74 Å². The molecule has 2 heterocycles. The van der Waals surface area contributed by atoms with E-state index < -0.39 is 6.10 Å². The van der Waals surface area contributed by atoms with Crippen molar-refractivity contribution in [3.63, 3.8) is 0 Å². The number of furan rings is 1. The first-order valence-electron chi connectivity index (χ1n) is 7.13. The van der Waals surface area contributed by atoms with Gasteiger partial charge in [0, 0.05) is 39.3 Å². The highest BCUT2D eigenvalue weighted by molar-refractivity contribution is 6.29. The fraction of sp³-hybridized carbons (Fsp3) is 0.643. The Kier molecular flexibility index (Phi) is 6.05. The normalized spacial score (nSPS) is 18.0. The lowest BCUT2D eigenvalue weighted by Gasteiger charge is -2.35. The van der Waals surface area contributed by atoms with Crippen LogP contribution in [0.1, 0.15) is 17.5 Å². The molecule has 1 fully saturated rings. The largest absolute Gasteiger partial charge is 0.440 e. The Morgan fingerprint density at radius 2 is 2.14 bits per heavy atom. The van der Waals surface area contributed by atoms with E-state index in [9.17, 15) is 9.90 Å². The summed E-state index contributed by atoms with van der Waals surface area (Å²) in [6.07, 6.45) is -0.490. The van der Waals surface area contributed by atoms with Crippen molar-refractivity contribution in [3.05, 3.63) is 23.1 Å². The zero-order chi connectivity index (χ0) is 15.2. The zero-order valence-corrected chi connectivity index (χ0v) is 12.9. The van der Waals surface area contributed by atoms with Crippen LogP contribution >= 0.6 is 11.6 Å². The molecular formula is C14H21ClN2O4. The molecule has 1 amide bonds. The summed E-state index contributed by atoms with van der Waals surface area (Å²) < 4.78 is 10.3. The summed E-state index contributed by atoms with van der Waals surface area (Å²) in [6, 6.07) is 3.15. The molecule has 1 aromatic heterocycles. The van der Waals surface area contributed by atoms with Gasteiger partial charge in [-0.05, 0) is 30.7 Å². The molecule has 21 heavy (non-hydrogen) atoms. The number of amides is 1. The van der Waals surface area contributed by atoms with E-state index in [0.29, 0.717) is 32.8 Å². The van der Waals surface area contributed by atoms with Crippen LogP contribution in [0.5, 0.6) is 0 Å². The van der Waals surface area contributed by atoms with Crippen LogP contribution in [0.4, 0.5) is 0 Å². The predicted molar refractivity (Wildman–Crippen MR) is 78.6 cm³/mol. The van der Waals surface area contributed by atoms with E-state index in [4.69, 9.17) is 20.8 Å². The highest BCUT2D eigenvalue weighted by Gasteiger charge is 2.25. The first kappa shape index (κ1) is 16.3. The minimum atomic E-state index is -0.490. The van der Waals surface area contributed by atoms with Gasteiger partial charge in [0.05, 0.1) is 12.7 Å². The molecule has 0 aromatic carbocycles. The molecule has 1 aliphatic heterocycles. The quantitative estimate of drug-likeness (QED) is 0.851. The Morgan fingerprint density at radius 3 is 2.71 bits per heavy atom. The van der Waals surface area contributed by atoms with Gasteiger partial charge in [0.1, 0.15) is 0 Å². The Labute approximate surface area is 129 Å². The molecule has 0 aliphatic carbocycles. The van der Waals surface area contributed by atoms with Gasteiger partial charge in [-0.25, -0.2) is 0 Å². The highest BCUT2D eigenvalue weighted by atomic mass is 35.5. The fourth-order valence-electron chi connectivity index (χ4n) is 2.32. The maximum atomic E-state index is 12.2. The summed E-state index contributed by atoms with van der Waals surface area (Å²) in [6.45, 7) is 6.09. The van der Waals surface area contributed by atoms with E-state index in [0.717, 1.165) is 13.1 Å². The summed E-state index contributed by atoms with van der Waals surface area (Å²) in [5.74, 6) is 0.126. The van der Waals surface area contributed by atoms with Crippen molar-refractivity contribution in [2.45, 2.75) is 13.0 Å². The van der Waals surface area contributed by atoms with Gasteiger partial charge in [-0.1, -0.05) is 0 Å².